The van der Waals surface area contributed by atoms with Crippen molar-refractivity contribution in [1.82, 2.24) is 9.97 Å². The molecule has 1 heterocycles. The standard InChI is InChI=1S/C13H19N3O3S/c1-8-7-10(17)16-12(15-8)20-6-4-9-3-2-5-13(9,14)11(18)19/h7,9H,2-6,14H2,1H3,(H,18,19)(H,15,16,17). The molecule has 6 nitrogen and oxygen atoms in total. The number of carboxylic acid groups (broad SMARTS) is 1. The SMILES string of the molecule is Cc1cc(=O)[nH]c(SCCC2CCCC2(N)C(=O)O)n1. The molecule has 0 radical (unpaired) electrons. The van der Waals surface area contributed by atoms with E-state index in [-0.39, 0.29) is 11.5 Å². The predicted molar refractivity (Wildman–Crippen MR) is 76.8 cm³/mol. The molecule has 4 N–H and O–H groups in total. The first-order valence-electron chi connectivity index (χ1n) is 6.65. The van der Waals surface area contributed by atoms with Gasteiger partial charge in [0.25, 0.3) is 5.56 Å². The Kier molecular flexibility index (Phi) is 4.49. The van der Waals surface area contributed by atoms with Crippen LogP contribution in [0.25, 0.3) is 0 Å². The number of thioether (sulfide) groups is 1. The van der Waals surface area contributed by atoms with Crippen molar-refractivity contribution in [3.8, 4) is 0 Å². The number of aliphatic carboxylic acids is 1. The van der Waals surface area contributed by atoms with Crippen molar-refractivity contribution >= 4 is 17.7 Å². The second-order valence-electron chi connectivity index (χ2n) is 5.26. The Bertz CT molecular complexity index is 560. The van der Waals surface area contributed by atoms with E-state index in [1.54, 1.807) is 6.92 Å². The molecular weight excluding hydrogens is 278 g/mol. The summed E-state index contributed by atoms with van der Waals surface area (Å²) >= 11 is 1.43. The molecule has 1 aliphatic rings. The lowest BCUT2D eigenvalue weighted by atomic mass is 9.86. The van der Waals surface area contributed by atoms with Gasteiger partial charge in [-0.1, -0.05) is 18.2 Å². The normalized spacial score (nSPS) is 25.8. The summed E-state index contributed by atoms with van der Waals surface area (Å²) in [7, 11) is 0. The molecule has 1 aromatic heterocycles. The van der Waals surface area contributed by atoms with Gasteiger partial charge in [-0.25, -0.2) is 4.98 Å². The minimum atomic E-state index is -1.09. The van der Waals surface area contributed by atoms with Gasteiger partial charge >= 0.3 is 5.97 Å². The van der Waals surface area contributed by atoms with Crippen molar-refractivity contribution in [2.24, 2.45) is 11.7 Å². The predicted octanol–water partition coefficient (Wildman–Crippen LogP) is 1.14. The van der Waals surface area contributed by atoms with Gasteiger partial charge in [0, 0.05) is 17.5 Å². The van der Waals surface area contributed by atoms with Crippen LogP contribution in [0.5, 0.6) is 0 Å². The Morgan fingerprint density at radius 2 is 2.45 bits per heavy atom. The molecule has 0 aromatic carbocycles. The van der Waals surface area contributed by atoms with Crippen molar-refractivity contribution < 1.29 is 9.90 Å². The van der Waals surface area contributed by atoms with Crippen LogP contribution in [-0.4, -0.2) is 32.3 Å². The fourth-order valence-electron chi connectivity index (χ4n) is 2.70. The van der Waals surface area contributed by atoms with Crippen LogP contribution in [0.4, 0.5) is 0 Å². The van der Waals surface area contributed by atoms with Gasteiger partial charge in [-0.05, 0) is 32.1 Å². The van der Waals surface area contributed by atoms with Crippen LogP contribution in [0.3, 0.4) is 0 Å². The summed E-state index contributed by atoms with van der Waals surface area (Å²) in [4.78, 5) is 29.5. The van der Waals surface area contributed by atoms with E-state index in [2.05, 4.69) is 9.97 Å². The first-order valence-corrected chi connectivity index (χ1v) is 7.63. The number of aryl methyl sites for hydroxylation is 1. The highest BCUT2D eigenvalue weighted by Gasteiger charge is 2.45. The molecule has 1 saturated carbocycles. The average molecular weight is 297 g/mol. The maximum atomic E-state index is 11.3. The number of rotatable bonds is 5. The van der Waals surface area contributed by atoms with Crippen molar-refractivity contribution in [3.05, 3.63) is 22.1 Å². The quantitative estimate of drug-likeness (QED) is 0.555. The van der Waals surface area contributed by atoms with Gasteiger partial charge in [-0.2, -0.15) is 0 Å². The van der Waals surface area contributed by atoms with Crippen LogP contribution < -0.4 is 11.3 Å². The second kappa shape index (κ2) is 5.97. The number of aromatic nitrogens is 2. The zero-order valence-electron chi connectivity index (χ0n) is 11.4. The van der Waals surface area contributed by atoms with Crippen molar-refractivity contribution in [1.29, 1.82) is 0 Å². The number of nitrogens with zero attached hydrogens (tertiary/aromatic N) is 1. The fourth-order valence-corrected chi connectivity index (χ4v) is 3.68. The van der Waals surface area contributed by atoms with Crippen molar-refractivity contribution in [2.75, 3.05) is 5.75 Å². The van der Waals surface area contributed by atoms with Gasteiger partial charge < -0.3 is 15.8 Å². The molecule has 0 amide bonds. The summed E-state index contributed by atoms with van der Waals surface area (Å²) in [5, 5.41) is 9.82. The largest absolute Gasteiger partial charge is 0.480 e. The lowest BCUT2D eigenvalue weighted by Gasteiger charge is -2.26. The molecule has 1 fully saturated rings. The first-order chi connectivity index (χ1) is 9.41. The number of nitrogens with one attached hydrogen (secondary N) is 1. The van der Waals surface area contributed by atoms with E-state index in [1.165, 1.54) is 17.8 Å². The summed E-state index contributed by atoms with van der Waals surface area (Å²) in [5.74, 6) is -0.223. The number of aromatic amines is 1. The molecule has 2 atom stereocenters. The minimum Gasteiger partial charge on any atom is -0.480 e. The molecule has 2 unspecified atom stereocenters. The van der Waals surface area contributed by atoms with E-state index in [9.17, 15) is 14.7 Å². The Hall–Kier alpha value is -1.34. The molecule has 0 saturated heterocycles. The van der Waals surface area contributed by atoms with Crippen molar-refractivity contribution in [2.45, 2.75) is 43.3 Å². The molecule has 1 aromatic rings. The van der Waals surface area contributed by atoms with Gasteiger partial charge in [0.2, 0.25) is 0 Å². The van der Waals surface area contributed by atoms with Gasteiger partial charge in [0.1, 0.15) is 5.54 Å². The molecular formula is C13H19N3O3S. The second-order valence-corrected chi connectivity index (χ2v) is 6.35. The summed E-state index contributed by atoms with van der Waals surface area (Å²) in [6.45, 7) is 1.77. The lowest BCUT2D eigenvalue weighted by Crippen LogP contribution is -2.51. The maximum Gasteiger partial charge on any atom is 0.323 e. The van der Waals surface area contributed by atoms with E-state index in [4.69, 9.17) is 5.73 Å². The number of H-pyrrole nitrogens is 1. The van der Waals surface area contributed by atoms with E-state index in [0.717, 1.165) is 12.8 Å². The molecule has 0 spiro atoms. The minimum absolute atomic E-state index is 0.0102. The first kappa shape index (κ1) is 15.1. The van der Waals surface area contributed by atoms with Crippen molar-refractivity contribution in [3.63, 3.8) is 0 Å². The average Bonchev–Trinajstić information content (AvgIpc) is 2.71. The molecule has 110 valence electrons. The van der Waals surface area contributed by atoms with E-state index in [1.807, 2.05) is 0 Å². The summed E-state index contributed by atoms with van der Waals surface area (Å²) in [5.41, 5.74) is 5.41. The number of hydrogen-bond donors (Lipinski definition) is 3. The van der Waals surface area contributed by atoms with Gasteiger partial charge in [-0.15, -0.1) is 0 Å². The number of carbonyl (C=O) groups is 1. The van der Waals surface area contributed by atoms with E-state index < -0.39 is 11.5 Å². The fraction of sp³-hybridized carbons (Fsp3) is 0.615. The van der Waals surface area contributed by atoms with Crippen LogP contribution >= 0.6 is 11.8 Å². The zero-order valence-corrected chi connectivity index (χ0v) is 12.2. The van der Waals surface area contributed by atoms with Crippen LogP contribution in [0.1, 0.15) is 31.4 Å². The molecule has 2 rings (SSSR count). The van der Waals surface area contributed by atoms with Gasteiger partial charge in [-0.3, -0.25) is 9.59 Å². The summed E-state index contributed by atoms with van der Waals surface area (Å²) in [6, 6.07) is 1.44. The van der Waals surface area contributed by atoms with E-state index in [0.29, 0.717) is 29.4 Å². The molecule has 20 heavy (non-hydrogen) atoms. The Morgan fingerprint density at radius 3 is 3.10 bits per heavy atom. The lowest BCUT2D eigenvalue weighted by molar-refractivity contribution is -0.144. The molecule has 1 aliphatic carbocycles. The third-order valence-electron chi connectivity index (χ3n) is 3.82. The molecule has 0 aliphatic heterocycles. The van der Waals surface area contributed by atoms with Crippen LogP contribution in [-0.2, 0) is 4.79 Å². The maximum absolute atomic E-state index is 11.3. The highest BCUT2D eigenvalue weighted by molar-refractivity contribution is 7.99. The third kappa shape index (κ3) is 3.21. The summed E-state index contributed by atoms with van der Waals surface area (Å²) < 4.78 is 0. The number of nitrogens with two attached hydrogens (primary N) is 1. The summed E-state index contributed by atoms with van der Waals surface area (Å²) in [6.07, 6.45) is 2.96. The van der Waals surface area contributed by atoms with Gasteiger partial charge in [0.05, 0.1) is 0 Å². The highest BCUT2D eigenvalue weighted by atomic mass is 32.2. The molecule has 7 heteroatoms. The topological polar surface area (TPSA) is 109 Å². The van der Waals surface area contributed by atoms with Crippen LogP contribution in [0.15, 0.2) is 16.0 Å². The Balaban J connectivity index is 1.93. The Labute approximate surface area is 121 Å². The number of carboxylic acids is 1. The number of hydrogen-bond acceptors (Lipinski definition) is 5. The zero-order chi connectivity index (χ0) is 14.8. The van der Waals surface area contributed by atoms with E-state index >= 15 is 0 Å². The highest BCUT2D eigenvalue weighted by Crippen LogP contribution is 2.37. The molecule has 0 bridgehead atoms. The van der Waals surface area contributed by atoms with Gasteiger partial charge in [0.15, 0.2) is 5.16 Å². The Morgan fingerprint density at radius 1 is 1.70 bits per heavy atom. The van der Waals surface area contributed by atoms with Crippen LogP contribution in [0.2, 0.25) is 0 Å². The monoisotopic (exact) mass is 297 g/mol. The smallest absolute Gasteiger partial charge is 0.323 e. The third-order valence-corrected chi connectivity index (χ3v) is 4.73. The van der Waals surface area contributed by atoms with Crippen LogP contribution in [0, 0.1) is 12.8 Å².